The number of amides is 2. The SMILES string of the molecule is CSCC(=O)Nc1nc2c(s1)C[C@@]1(C)CC[C@@H]([C@H](C)C(=O)NC3CC3)[C@H](O)[C@H]1[C@H]2C. The molecule has 6 atom stereocenters. The molecule has 2 fully saturated rings. The highest BCUT2D eigenvalue weighted by molar-refractivity contribution is 7.99. The van der Waals surface area contributed by atoms with Gasteiger partial charge in [0.25, 0.3) is 0 Å². The summed E-state index contributed by atoms with van der Waals surface area (Å²) < 4.78 is 0. The Morgan fingerprint density at radius 1 is 1.37 bits per heavy atom. The molecule has 0 aromatic carbocycles. The first kappa shape index (κ1) is 22.1. The zero-order valence-corrected chi connectivity index (χ0v) is 19.9. The number of fused-ring (bicyclic) bond motifs is 2. The molecule has 3 aliphatic carbocycles. The zero-order chi connectivity index (χ0) is 21.6. The van der Waals surface area contributed by atoms with Crippen LogP contribution in [0.2, 0.25) is 0 Å². The topological polar surface area (TPSA) is 91.3 Å². The van der Waals surface area contributed by atoms with Crippen LogP contribution in [0.4, 0.5) is 5.13 Å². The summed E-state index contributed by atoms with van der Waals surface area (Å²) in [5.41, 5.74) is 0.999. The van der Waals surface area contributed by atoms with Gasteiger partial charge in [0, 0.05) is 22.8 Å². The summed E-state index contributed by atoms with van der Waals surface area (Å²) in [5.74, 6) is 0.430. The first-order chi connectivity index (χ1) is 14.2. The molecule has 0 spiro atoms. The number of aliphatic hydroxyl groups is 1. The predicted molar refractivity (Wildman–Crippen MR) is 122 cm³/mol. The number of carbonyl (C=O) groups excluding carboxylic acids is 2. The summed E-state index contributed by atoms with van der Waals surface area (Å²) >= 11 is 3.07. The average molecular weight is 452 g/mol. The van der Waals surface area contributed by atoms with Gasteiger partial charge in [-0.2, -0.15) is 11.8 Å². The van der Waals surface area contributed by atoms with E-state index in [9.17, 15) is 14.7 Å². The van der Waals surface area contributed by atoms with Crippen molar-refractivity contribution in [1.29, 1.82) is 0 Å². The third-order valence-electron chi connectivity index (χ3n) is 7.42. The average Bonchev–Trinajstić information content (AvgIpc) is 3.39. The van der Waals surface area contributed by atoms with Crippen molar-refractivity contribution < 1.29 is 14.7 Å². The summed E-state index contributed by atoms with van der Waals surface area (Å²) in [6.07, 6.45) is 6.27. The van der Waals surface area contributed by atoms with Gasteiger partial charge in [0.05, 0.1) is 17.6 Å². The van der Waals surface area contributed by atoms with Gasteiger partial charge in [0.1, 0.15) is 0 Å². The number of hydrogen-bond acceptors (Lipinski definition) is 6. The van der Waals surface area contributed by atoms with E-state index in [0.717, 1.165) is 37.8 Å². The van der Waals surface area contributed by atoms with Crippen molar-refractivity contribution >= 4 is 40.0 Å². The standard InChI is InChI=1S/C22H33N3O3S2/c1-11(20(28)23-13-5-6-13)14-7-8-22(3)9-15-18(12(2)17(22)19(14)27)25-21(30-15)24-16(26)10-29-4/h11-14,17,19,27H,5-10H2,1-4H3,(H,23,28)(H,24,25,26)/t11-,12+,14-,17+,19-,22+/m0/s1. The summed E-state index contributed by atoms with van der Waals surface area (Å²) in [6.45, 7) is 6.39. The van der Waals surface area contributed by atoms with E-state index in [1.54, 1.807) is 11.3 Å². The van der Waals surface area contributed by atoms with Gasteiger partial charge in [-0.05, 0) is 55.6 Å². The third-order valence-corrected chi connectivity index (χ3v) is 8.96. The highest BCUT2D eigenvalue weighted by Crippen LogP contribution is 2.57. The molecule has 3 N–H and O–H groups in total. The lowest BCUT2D eigenvalue weighted by Gasteiger charge is -2.53. The molecule has 0 saturated heterocycles. The van der Waals surface area contributed by atoms with Crippen LogP contribution < -0.4 is 10.6 Å². The van der Waals surface area contributed by atoms with E-state index in [1.807, 2.05) is 13.2 Å². The number of hydrogen-bond donors (Lipinski definition) is 3. The van der Waals surface area contributed by atoms with Gasteiger partial charge in [-0.1, -0.05) is 20.8 Å². The number of aromatic nitrogens is 1. The van der Waals surface area contributed by atoms with Crippen LogP contribution in [0, 0.1) is 23.2 Å². The van der Waals surface area contributed by atoms with E-state index in [4.69, 9.17) is 4.98 Å². The van der Waals surface area contributed by atoms with E-state index in [2.05, 4.69) is 24.5 Å². The highest BCUT2D eigenvalue weighted by atomic mass is 32.2. The minimum Gasteiger partial charge on any atom is -0.392 e. The fourth-order valence-corrected chi connectivity index (χ4v) is 7.26. The maximum absolute atomic E-state index is 12.6. The maximum Gasteiger partial charge on any atom is 0.236 e. The van der Waals surface area contributed by atoms with Crippen LogP contribution in [0.1, 0.15) is 62.9 Å². The van der Waals surface area contributed by atoms with Gasteiger partial charge in [-0.15, -0.1) is 11.3 Å². The summed E-state index contributed by atoms with van der Waals surface area (Å²) in [4.78, 5) is 30.6. The van der Waals surface area contributed by atoms with Crippen molar-refractivity contribution in [3.8, 4) is 0 Å². The molecule has 30 heavy (non-hydrogen) atoms. The van der Waals surface area contributed by atoms with Crippen LogP contribution in [0.5, 0.6) is 0 Å². The first-order valence-corrected chi connectivity index (χ1v) is 13.2. The number of anilines is 1. The van der Waals surface area contributed by atoms with Gasteiger partial charge >= 0.3 is 0 Å². The second kappa shape index (κ2) is 8.43. The van der Waals surface area contributed by atoms with Crippen LogP contribution in [0.3, 0.4) is 0 Å². The predicted octanol–water partition coefficient (Wildman–Crippen LogP) is 3.41. The van der Waals surface area contributed by atoms with Crippen LogP contribution >= 0.6 is 23.1 Å². The number of nitrogens with one attached hydrogen (secondary N) is 2. The molecule has 6 nitrogen and oxygen atoms in total. The lowest BCUT2D eigenvalue weighted by molar-refractivity contribution is -0.134. The van der Waals surface area contributed by atoms with Gasteiger partial charge in [0.15, 0.2) is 5.13 Å². The molecule has 1 heterocycles. The Hall–Kier alpha value is -1.12. The fourth-order valence-electron chi connectivity index (χ4n) is 5.64. The third kappa shape index (κ3) is 4.15. The minimum atomic E-state index is -0.525. The van der Waals surface area contributed by atoms with Gasteiger partial charge in [-0.25, -0.2) is 4.98 Å². The number of rotatable bonds is 6. The minimum absolute atomic E-state index is 0.0118. The summed E-state index contributed by atoms with van der Waals surface area (Å²) in [7, 11) is 0. The molecule has 1 aromatic rings. The molecule has 3 aliphatic rings. The van der Waals surface area contributed by atoms with Crippen LogP contribution in [0.25, 0.3) is 0 Å². The van der Waals surface area contributed by atoms with Crippen molar-refractivity contribution in [2.45, 2.75) is 70.9 Å². The maximum atomic E-state index is 12.6. The van der Waals surface area contributed by atoms with Crippen molar-refractivity contribution in [2.75, 3.05) is 17.3 Å². The normalized spacial score (nSPS) is 33.9. The Bertz CT molecular complexity index is 825. The molecule has 1 aromatic heterocycles. The Morgan fingerprint density at radius 2 is 2.10 bits per heavy atom. The molecule has 8 heteroatoms. The lowest BCUT2D eigenvalue weighted by atomic mass is 9.53. The molecule has 0 unspecified atom stereocenters. The van der Waals surface area contributed by atoms with Gasteiger partial charge < -0.3 is 15.7 Å². The summed E-state index contributed by atoms with van der Waals surface area (Å²) in [5, 5.41) is 18.1. The smallest absolute Gasteiger partial charge is 0.236 e. The number of aliphatic hydroxyl groups excluding tert-OH is 1. The molecule has 166 valence electrons. The Balaban J connectivity index is 1.53. The number of thiazole rings is 1. The van der Waals surface area contributed by atoms with E-state index in [-0.39, 0.29) is 40.9 Å². The van der Waals surface area contributed by atoms with Crippen molar-refractivity contribution in [2.24, 2.45) is 23.2 Å². The van der Waals surface area contributed by atoms with Crippen molar-refractivity contribution in [3.05, 3.63) is 10.6 Å². The number of thioether (sulfide) groups is 1. The molecule has 4 rings (SSSR count). The summed E-state index contributed by atoms with van der Waals surface area (Å²) in [6, 6.07) is 0.344. The van der Waals surface area contributed by atoms with E-state index < -0.39 is 6.10 Å². The number of carbonyl (C=O) groups is 2. The second-order valence-electron chi connectivity index (χ2n) is 9.72. The zero-order valence-electron chi connectivity index (χ0n) is 18.2. The number of nitrogens with zero attached hydrogens (tertiary/aromatic N) is 1. The Kier molecular flexibility index (Phi) is 6.21. The van der Waals surface area contributed by atoms with Crippen molar-refractivity contribution in [1.82, 2.24) is 10.3 Å². The Morgan fingerprint density at radius 3 is 2.77 bits per heavy atom. The highest BCUT2D eigenvalue weighted by Gasteiger charge is 2.54. The second-order valence-corrected chi connectivity index (χ2v) is 11.7. The fraction of sp³-hybridized carbons (Fsp3) is 0.773. The first-order valence-electron chi connectivity index (χ1n) is 11.0. The lowest BCUT2D eigenvalue weighted by Crippen LogP contribution is -2.53. The molecule has 0 bridgehead atoms. The van der Waals surface area contributed by atoms with Crippen LogP contribution in [-0.4, -0.2) is 46.1 Å². The molecular formula is C22H33N3O3S2. The molecule has 2 saturated carbocycles. The Labute approximate surface area is 187 Å². The monoisotopic (exact) mass is 451 g/mol. The van der Waals surface area contributed by atoms with E-state index >= 15 is 0 Å². The van der Waals surface area contributed by atoms with Gasteiger partial charge in [-0.3, -0.25) is 9.59 Å². The van der Waals surface area contributed by atoms with Crippen molar-refractivity contribution in [3.63, 3.8) is 0 Å². The van der Waals surface area contributed by atoms with E-state index in [0.29, 0.717) is 16.9 Å². The van der Waals surface area contributed by atoms with Crippen LogP contribution in [0.15, 0.2) is 0 Å². The quantitative estimate of drug-likeness (QED) is 0.617. The largest absolute Gasteiger partial charge is 0.392 e. The molecule has 2 amide bonds. The van der Waals surface area contributed by atoms with E-state index in [1.165, 1.54) is 16.6 Å². The molecule has 0 aliphatic heterocycles. The van der Waals surface area contributed by atoms with Crippen LogP contribution in [-0.2, 0) is 16.0 Å². The molecule has 0 radical (unpaired) electrons. The van der Waals surface area contributed by atoms with Gasteiger partial charge in [0.2, 0.25) is 11.8 Å². The molecular weight excluding hydrogens is 418 g/mol.